The van der Waals surface area contributed by atoms with Crippen molar-refractivity contribution < 1.29 is 41.7 Å². The number of carbonyl (C=O) groups excluding carboxylic acids is 2. The van der Waals surface area contributed by atoms with Gasteiger partial charge in [-0.05, 0) is 81.6 Å². The molecule has 3 N–H and O–H groups in total. The molecule has 2 aromatic carbocycles. The van der Waals surface area contributed by atoms with Crippen LogP contribution in [-0.2, 0) is 22.0 Å². The van der Waals surface area contributed by atoms with Crippen LogP contribution in [0.1, 0.15) is 66.7 Å². The summed E-state index contributed by atoms with van der Waals surface area (Å²) in [6.45, 7) is 3.04. The van der Waals surface area contributed by atoms with E-state index in [4.69, 9.17) is 15.2 Å². The lowest BCUT2D eigenvalue weighted by molar-refractivity contribution is -0.137. The lowest BCUT2D eigenvalue weighted by atomic mass is 9.81. The molecule has 8 nitrogen and oxygen atoms in total. The number of fused-ring (bicyclic) bond motifs is 1. The van der Waals surface area contributed by atoms with E-state index in [-0.39, 0.29) is 65.2 Å². The highest BCUT2D eigenvalue weighted by molar-refractivity contribution is 5.97. The van der Waals surface area contributed by atoms with E-state index in [9.17, 15) is 32.3 Å². The van der Waals surface area contributed by atoms with Crippen LogP contribution in [0.25, 0.3) is 22.4 Å². The van der Waals surface area contributed by atoms with E-state index in [2.05, 4.69) is 9.97 Å². The molecule has 1 aliphatic heterocycles. The number of aromatic nitrogens is 2. The number of carbonyl (C=O) groups is 2. The molecular formula is C35H31F4N3O5. The van der Waals surface area contributed by atoms with Crippen molar-refractivity contribution >= 4 is 11.7 Å². The van der Waals surface area contributed by atoms with E-state index in [1.807, 2.05) is 0 Å². The van der Waals surface area contributed by atoms with E-state index in [0.29, 0.717) is 16.9 Å². The molecule has 244 valence electrons. The van der Waals surface area contributed by atoms with Gasteiger partial charge in [0.1, 0.15) is 40.6 Å². The van der Waals surface area contributed by atoms with Crippen LogP contribution in [0, 0.1) is 5.82 Å². The third kappa shape index (κ3) is 6.29. The Bertz CT molecular complexity index is 1870. The predicted octanol–water partition coefficient (Wildman–Crippen LogP) is 6.52. The minimum atomic E-state index is -4.65. The van der Waals surface area contributed by atoms with Crippen LogP contribution in [0.3, 0.4) is 0 Å². The van der Waals surface area contributed by atoms with E-state index < -0.39 is 34.5 Å². The van der Waals surface area contributed by atoms with Crippen LogP contribution < -0.4 is 15.2 Å². The fourth-order valence-corrected chi connectivity index (χ4v) is 5.53. The second-order valence-corrected chi connectivity index (χ2v) is 12.4. The molecule has 1 amide bonds. The summed E-state index contributed by atoms with van der Waals surface area (Å²) in [7, 11) is 0. The monoisotopic (exact) mass is 649 g/mol. The first-order chi connectivity index (χ1) is 22.2. The summed E-state index contributed by atoms with van der Waals surface area (Å²) in [6.07, 6.45) is -1.56. The topological polar surface area (TPSA) is 125 Å². The van der Waals surface area contributed by atoms with Gasteiger partial charge in [-0.25, -0.2) is 9.37 Å². The molecule has 0 unspecified atom stereocenters. The van der Waals surface area contributed by atoms with Crippen LogP contribution in [-0.4, -0.2) is 39.5 Å². The average molecular weight is 650 g/mol. The molecule has 0 radical (unpaired) electrons. The molecule has 4 aromatic rings. The van der Waals surface area contributed by atoms with E-state index >= 15 is 0 Å². The smallest absolute Gasteiger partial charge is 0.418 e. The zero-order valence-corrected chi connectivity index (χ0v) is 25.5. The molecule has 2 atom stereocenters. The van der Waals surface area contributed by atoms with Crippen molar-refractivity contribution in [3.8, 4) is 33.9 Å². The first-order valence-electron chi connectivity index (χ1n) is 15.0. The van der Waals surface area contributed by atoms with Gasteiger partial charge >= 0.3 is 6.18 Å². The number of ether oxygens (including phenoxy) is 2. The van der Waals surface area contributed by atoms with Crippen molar-refractivity contribution in [1.29, 1.82) is 0 Å². The number of Topliss-reactive ketones (excluding diaryl/α,β-unsaturated/α-hetero) is 1. The number of rotatable bonds is 10. The number of hydrogen-bond donors (Lipinski definition) is 2. The number of nitrogens with two attached hydrogens (primary N) is 1. The molecule has 6 rings (SSSR count). The number of nitrogens with zero attached hydrogens (tertiary/aromatic N) is 2. The van der Waals surface area contributed by atoms with Crippen molar-refractivity contribution in [2.75, 3.05) is 6.61 Å². The Morgan fingerprint density at radius 1 is 1.09 bits per heavy atom. The first-order valence-corrected chi connectivity index (χ1v) is 15.0. The molecule has 2 aliphatic rings. The second-order valence-electron chi connectivity index (χ2n) is 12.4. The van der Waals surface area contributed by atoms with Crippen molar-refractivity contribution in [3.63, 3.8) is 0 Å². The molecule has 12 heteroatoms. The molecule has 1 fully saturated rings. The van der Waals surface area contributed by atoms with Gasteiger partial charge < -0.3 is 20.3 Å². The number of ketones is 1. The Hall–Kier alpha value is -4.84. The van der Waals surface area contributed by atoms with Crippen LogP contribution in [0.15, 0.2) is 67.0 Å². The summed E-state index contributed by atoms with van der Waals surface area (Å²) in [4.78, 5) is 34.2. The molecule has 3 heterocycles. The summed E-state index contributed by atoms with van der Waals surface area (Å²) in [5.41, 5.74) is 3.49. The van der Waals surface area contributed by atoms with Crippen molar-refractivity contribution in [2.45, 2.75) is 62.8 Å². The summed E-state index contributed by atoms with van der Waals surface area (Å²) < 4.78 is 66.9. The molecule has 0 saturated heterocycles. The summed E-state index contributed by atoms with van der Waals surface area (Å²) in [5, 5.41) is 11.6. The standard InChI is InChI=1S/C35H31F4N3O5/c1-33(32(40)44)18-46-31-25(33)16-29(42-30(31)19-3-6-21(36)7-4-19)34(2,45)13-11-27(43)20-5-10-24(28(15-20)47-22-8-9-22)23-12-14-41-17-26(23)35(37,38)39/h3-7,10,12,14-17,22,45H,8-9,11,13,18H2,1-2H3,(H2,40,44)/t33-,34-/m0/s1. The average Bonchev–Trinajstić information content (AvgIpc) is 3.79. The number of amides is 1. The lowest BCUT2D eigenvalue weighted by Gasteiger charge is -2.26. The Morgan fingerprint density at radius 3 is 2.47 bits per heavy atom. The van der Waals surface area contributed by atoms with Crippen LogP contribution in [0.5, 0.6) is 11.5 Å². The third-order valence-electron chi connectivity index (χ3n) is 8.66. The third-order valence-corrected chi connectivity index (χ3v) is 8.66. The zero-order valence-electron chi connectivity index (χ0n) is 25.5. The summed E-state index contributed by atoms with van der Waals surface area (Å²) >= 11 is 0. The number of halogens is 4. The minimum Gasteiger partial charge on any atom is -0.490 e. The fraction of sp³-hybridized carbons (Fsp3) is 0.314. The van der Waals surface area contributed by atoms with Crippen molar-refractivity contribution in [1.82, 2.24) is 9.97 Å². The maximum atomic E-state index is 13.8. The maximum absolute atomic E-state index is 13.8. The van der Waals surface area contributed by atoms with Crippen molar-refractivity contribution in [2.24, 2.45) is 5.73 Å². The predicted molar refractivity (Wildman–Crippen MR) is 163 cm³/mol. The van der Waals surface area contributed by atoms with Gasteiger partial charge in [0, 0.05) is 46.6 Å². The minimum absolute atomic E-state index is 0.0527. The first kappa shape index (κ1) is 32.1. The molecule has 0 bridgehead atoms. The fourth-order valence-electron chi connectivity index (χ4n) is 5.53. The Kier molecular flexibility index (Phi) is 8.03. The van der Waals surface area contributed by atoms with E-state index in [1.165, 1.54) is 67.7 Å². The quantitative estimate of drug-likeness (QED) is 0.148. The highest BCUT2D eigenvalue weighted by atomic mass is 19.4. The zero-order chi connectivity index (χ0) is 33.7. The number of aliphatic hydroxyl groups is 1. The molecule has 1 aliphatic carbocycles. The number of primary amides is 1. The second kappa shape index (κ2) is 11.8. The van der Waals surface area contributed by atoms with Gasteiger partial charge in [-0.3, -0.25) is 14.6 Å². The molecule has 47 heavy (non-hydrogen) atoms. The molecule has 1 saturated carbocycles. The van der Waals surface area contributed by atoms with Gasteiger partial charge in [-0.2, -0.15) is 13.2 Å². The SMILES string of the molecule is C[C@](O)(CCC(=O)c1ccc(-c2ccncc2C(F)(F)F)c(OC2CC2)c1)c1cc2c(c(-c3ccc(F)cc3)n1)OC[C@]2(C)C(N)=O. The molecular weight excluding hydrogens is 618 g/mol. The summed E-state index contributed by atoms with van der Waals surface area (Å²) in [6, 6.07) is 12.6. The van der Waals surface area contributed by atoms with E-state index in [0.717, 1.165) is 19.0 Å². The number of pyridine rings is 2. The van der Waals surface area contributed by atoms with Gasteiger partial charge in [0.2, 0.25) is 5.91 Å². The van der Waals surface area contributed by atoms with Crippen molar-refractivity contribution in [3.05, 3.63) is 95.2 Å². The van der Waals surface area contributed by atoms with Gasteiger partial charge in [0.25, 0.3) is 0 Å². The number of benzene rings is 2. The number of hydrogen-bond acceptors (Lipinski definition) is 7. The van der Waals surface area contributed by atoms with Crippen LogP contribution in [0.2, 0.25) is 0 Å². The van der Waals surface area contributed by atoms with Gasteiger partial charge in [0.05, 0.1) is 17.4 Å². The Morgan fingerprint density at radius 2 is 1.81 bits per heavy atom. The van der Waals surface area contributed by atoms with Gasteiger partial charge in [-0.15, -0.1) is 0 Å². The molecule has 2 aromatic heterocycles. The van der Waals surface area contributed by atoms with Crippen LogP contribution >= 0.6 is 0 Å². The highest BCUT2D eigenvalue weighted by Crippen LogP contribution is 2.46. The normalized spacial score (nSPS) is 18.6. The molecule has 0 spiro atoms. The maximum Gasteiger partial charge on any atom is 0.418 e. The Labute approximate surface area is 267 Å². The Balaban J connectivity index is 1.30. The van der Waals surface area contributed by atoms with E-state index in [1.54, 1.807) is 6.92 Å². The lowest BCUT2D eigenvalue weighted by Crippen LogP contribution is -2.40. The summed E-state index contributed by atoms with van der Waals surface area (Å²) in [5.74, 6) is -1.05. The highest BCUT2D eigenvalue weighted by Gasteiger charge is 2.45. The number of alkyl halides is 3. The van der Waals surface area contributed by atoms with Crippen LogP contribution in [0.4, 0.5) is 17.6 Å². The van der Waals surface area contributed by atoms with Gasteiger partial charge in [-0.1, -0.05) is 6.07 Å². The van der Waals surface area contributed by atoms with Gasteiger partial charge in [0.15, 0.2) is 5.78 Å². The largest absolute Gasteiger partial charge is 0.490 e.